The van der Waals surface area contributed by atoms with E-state index in [1.807, 2.05) is 11.3 Å². The van der Waals surface area contributed by atoms with Crippen molar-refractivity contribution in [3.63, 3.8) is 0 Å². The first-order valence-electron chi connectivity index (χ1n) is 8.92. The maximum atomic E-state index is 4.87. The summed E-state index contributed by atoms with van der Waals surface area (Å²) in [7, 11) is 0. The van der Waals surface area contributed by atoms with Gasteiger partial charge in [-0.2, -0.15) is 0 Å². The molecule has 0 N–H and O–H groups in total. The first-order valence-corrected chi connectivity index (χ1v) is 9.80. The fourth-order valence-electron chi connectivity index (χ4n) is 4.06. The summed E-state index contributed by atoms with van der Waals surface area (Å²) in [5.41, 5.74) is 3.59. The lowest BCUT2D eigenvalue weighted by atomic mass is 9.87. The molecule has 2 aromatic rings. The topological polar surface area (TPSA) is 45.2 Å². The normalized spacial score (nSPS) is 26.5. The van der Waals surface area contributed by atoms with E-state index in [2.05, 4.69) is 39.0 Å². The third-order valence-corrected chi connectivity index (χ3v) is 6.85. The van der Waals surface area contributed by atoms with Crippen LogP contribution >= 0.6 is 11.3 Å². The van der Waals surface area contributed by atoms with Gasteiger partial charge >= 0.3 is 0 Å². The second-order valence-electron chi connectivity index (χ2n) is 7.48. The molecule has 1 aliphatic carbocycles. The van der Waals surface area contributed by atoms with Crippen LogP contribution in [0.1, 0.15) is 47.1 Å². The van der Waals surface area contributed by atoms with Crippen LogP contribution in [0.3, 0.4) is 0 Å². The third kappa shape index (κ3) is 2.43. The molecule has 0 radical (unpaired) electrons. The Hall–Kier alpha value is -1.53. The second-order valence-corrected chi connectivity index (χ2v) is 8.37. The molecule has 4 fully saturated rings. The molecule has 4 aliphatic rings. The lowest BCUT2D eigenvalue weighted by molar-refractivity contribution is -0.00962. The predicted octanol–water partition coefficient (Wildman–Crippen LogP) is 2.89. The maximum absolute atomic E-state index is 4.87. The number of fused-ring (bicyclic) bond motifs is 2. The summed E-state index contributed by atoms with van der Waals surface area (Å²) < 4.78 is 0. The standard InChI is InChI=1S/C18H23N5S/c1-11-12(2)19-10-20-17(11)22-7-15-5-16(8-22)23(15)6-14-9-24-18(21-14)13-3-4-13/h9-10,13,15-16H,3-8H2,1-2H3. The zero-order valence-electron chi connectivity index (χ0n) is 14.3. The fraction of sp³-hybridized carbons (Fsp3) is 0.611. The molecule has 6 heteroatoms. The lowest BCUT2D eigenvalue weighted by Crippen LogP contribution is -2.68. The van der Waals surface area contributed by atoms with E-state index in [1.54, 1.807) is 6.33 Å². The van der Waals surface area contributed by atoms with Crippen molar-refractivity contribution in [1.29, 1.82) is 0 Å². The number of thiazole rings is 1. The molecule has 1 saturated carbocycles. The summed E-state index contributed by atoms with van der Waals surface area (Å²) in [4.78, 5) is 18.8. The Morgan fingerprint density at radius 2 is 1.96 bits per heavy atom. The van der Waals surface area contributed by atoms with Gasteiger partial charge in [-0.1, -0.05) is 0 Å². The van der Waals surface area contributed by atoms with Gasteiger partial charge in [0.1, 0.15) is 12.1 Å². The van der Waals surface area contributed by atoms with Gasteiger partial charge in [0.25, 0.3) is 0 Å². The first kappa shape index (κ1) is 14.8. The molecule has 0 amide bonds. The van der Waals surface area contributed by atoms with Crippen molar-refractivity contribution in [2.45, 2.75) is 57.7 Å². The Kier molecular flexibility index (Phi) is 3.38. The van der Waals surface area contributed by atoms with E-state index < -0.39 is 0 Å². The molecule has 2 unspecified atom stereocenters. The zero-order valence-corrected chi connectivity index (χ0v) is 15.1. The molecule has 6 rings (SSSR count). The van der Waals surface area contributed by atoms with Crippen LogP contribution in [0.15, 0.2) is 11.7 Å². The number of aryl methyl sites for hydroxylation is 1. The Labute approximate surface area is 146 Å². The van der Waals surface area contributed by atoms with Gasteiger partial charge in [0, 0.05) is 54.3 Å². The molecule has 126 valence electrons. The summed E-state index contributed by atoms with van der Waals surface area (Å²) in [5.74, 6) is 1.90. The monoisotopic (exact) mass is 341 g/mol. The predicted molar refractivity (Wildman–Crippen MR) is 95.5 cm³/mol. The molecular weight excluding hydrogens is 318 g/mol. The molecule has 2 atom stereocenters. The van der Waals surface area contributed by atoms with Crippen LogP contribution in [-0.4, -0.2) is 45.0 Å². The van der Waals surface area contributed by atoms with Crippen LogP contribution in [0, 0.1) is 13.8 Å². The van der Waals surface area contributed by atoms with E-state index in [0.717, 1.165) is 37.1 Å². The van der Waals surface area contributed by atoms with E-state index >= 15 is 0 Å². The number of hydrogen-bond donors (Lipinski definition) is 0. The van der Waals surface area contributed by atoms with Crippen molar-refractivity contribution in [2.24, 2.45) is 0 Å². The average Bonchev–Trinajstić information content (AvgIpc) is 3.34. The Bertz CT molecular complexity index is 757. The van der Waals surface area contributed by atoms with Gasteiger partial charge in [0.2, 0.25) is 0 Å². The number of nitrogens with zero attached hydrogens (tertiary/aromatic N) is 5. The summed E-state index contributed by atoms with van der Waals surface area (Å²) in [6, 6.07) is 1.29. The molecule has 5 nitrogen and oxygen atoms in total. The third-order valence-electron chi connectivity index (χ3n) is 5.79. The molecule has 5 heterocycles. The highest BCUT2D eigenvalue weighted by molar-refractivity contribution is 7.09. The van der Waals surface area contributed by atoms with E-state index in [9.17, 15) is 0 Å². The minimum atomic E-state index is 0.643. The fourth-order valence-corrected chi connectivity index (χ4v) is 5.04. The van der Waals surface area contributed by atoms with Crippen LogP contribution in [0.25, 0.3) is 0 Å². The quantitative estimate of drug-likeness (QED) is 0.856. The van der Waals surface area contributed by atoms with E-state index in [1.165, 1.54) is 35.5 Å². The van der Waals surface area contributed by atoms with Crippen molar-refractivity contribution >= 4 is 17.2 Å². The van der Waals surface area contributed by atoms with Gasteiger partial charge in [-0.15, -0.1) is 11.3 Å². The maximum Gasteiger partial charge on any atom is 0.135 e. The summed E-state index contributed by atoms with van der Waals surface area (Å²) in [6.07, 6.45) is 5.70. The van der Waals surface area contributed by atoms with Crippen LogP contribution in [-0.2, 0) is 6.54 Å². The van der Waals surface area contributed by atoms with Crippen molar-refractivity contribution in [3.8, 4) is 0 Å². The van der Waals surface area contributed by atoms with Gasteiger partial charge < -0.3 is 4.90 Å². The summed E-state index contributed by atoms with van der Waals surface area (Å²) in [6.45, 7) is 7.38. The minimum absolute atomic E-state index is 0.643. The SMILES string of the molecule is Cc1ncnc(N2CC3CC(C2)N3Cc2csc(C3CC3)n2)c1C. The highest BCUT2D eigenvalue weighted by atomic mass is 32.1. The van der Waals surface area contributed by atoms with E-state index in [-0.39, 0.29) is 0 Å². The van der Waals surface area contributed by atoms with Crippen LogP contribution < -0.4 is 4.90 Å². The van der Waals surface area contributed by atoms with Crippen molar-refractivity contribution < 1.29 is 0 Å². The molecule has 0 aromatic carbocycles. The van der Waals surface area contributed by atoms with Crippen molar-refractivity contribution in [1.82, 2.24) is 19.9 Å². The molecule has 2 bridgehead atoms. The van der Waals surface area contributed by atoms with E-state index in [4.69, 9.17) is 4.98 Å². The molecule has 0 spiro atoms. The number of hydrogen-bond acceptors (Lipinski definition) is 6. The Morgan fingerprint density at radius 3 is 2.71 bits per heavy atom. The number of piperazine rings is 1. The number of aromatic nitrogens is 3. The molecular formula is C18H23N5S. The van der Waals surface area contributed by atoms with Gasteiger partial charge in [0.15, 0.2) is 0 Å². The average molecular weight is 341 g/mol. The van der Waals surface area contributed by atoms with Crippen LogP contribution in [0.5, 0.6) is 0 Å². The number of rotatable bonds is 4. The zero-order chi connectivity index (χ0) is 16.3. The molecule has 2 aromatic heterocycles. The highest BCUT2D eigenvalue weighted by Gasteiger charge is 2.45. The number of piperidine rings is 1. The van der Waals surface area contributed by atoms with E-state index in [0.29, 0.717) is 12.1 Å². The largest absolute Gasteiger partial charge is 0.353 e. The van der Waals surface area contributed by atoms with Crippen LogP contribution in [0.4, 0.5) is 5.82 Å². The van der Waals surface area contributed by atoms with Crippen LogP contribution in [0.2, 0.25) is 0 Å². The molecule has 3 saturated heterocycles. The smallest absolute Gasteiger partial charge is 0.135 e. The summed E-state index contributed by atoms with van der Waals surface area (Å²) in [5, 5.41) is 3.64. The first-order chi connectivity index (χ1) is 11.7. The van der Waals surface area contributed by atoms with Crippen molar-refractivity contribution in [2.75, 3.05) is 18.0 Å². The van der Waals surface area contributed by atoms with Crippen molar-refractivity contribution in [3.05, 3.63) is 33.7 Å². The highest BCUT2D eigenvalue weighted by Crippen LogP contribution is 2.42. The Morgan fingerprint density at radius 1 is 1.17 bits per heavy atom. The Balaban J connectivity index is 1.27. The summed E-state index contributed by atoms with van der Waals surface area (Å²) >= 11 is 1.86. The second kappa shape index (κ2) is 5.49. The number of anilines is 1. The van der Waals surface area contributed by atoms with Gasteiger partial charge in [-0.25, -0.2) is 15.0 Å². The van der Waals surface area contributed by atoms with Gasteiger partial charge in [-0.05, 0) is 33.1 Å². The van der Waals surface area contributed by atoms with Gasteiger partial charge in [0.05, 0.1) is 10.7 Å². The molecule has 3 aliphatic heterocycles. The molecule has 24 heavy (non-hydrogen) atoms. The lowest BCUT2D eigenvalue weighted by Gasteiger charge is -2.56. The minimum Gasteiger partial charge on any atom is -0.353 e. The van der Waals surface area contributed by atoms with Gasteiger partial charge in [-0.3, -0.25) is 4.90 Å².